The molecule has 0 bridgehead atoms. The van der Waals surface area contributed by atoms with Crippen molar-refractivity contribution in [2.45, 2.75) is 6.42 Å². The number of anilines is 1. The molecule has 22 heavy (non-hydrogen) atoms. The molecule has 1 N–H and O–H groups in total. The van der Waals surface area contributed by atoms with Crippen molar-refractivity contribution in [2.24, 2.45) is 5.92 Å². The highest BCUT2D eigenvalue weighted by Crippen LogP contribution is 2.23. The second kappa shape index (κ2) is 5.57. The number of nitrogens with zero attached hydrogens (tertiary/aromatic N) is 1. The molecule has 0 unspecified atom stereocenters. The van der Waals surface area contributed by atoms with Gasteiger partial charge in [0.15, 0.2) is 9.84 Å². The minimum Gasteiger partial charge on any atom is -0.324 e. The number of sulfone groups is 1. The van der Waals surface area contributed by atoms with Crippen LogP contribution in [-0.2, 0) is 14.6 Å². The Morgan fingerprint density at radius 3 is 2.64 bits per heavy atom. The average molecular weight is 322 g/mol. The minimum atomic E-state index is -3.15. The van der Waals surface area contributed by atoms with Crippen LogP contribution in [0.1, 0.15) is 6.42 Å². The van der Waals surface area contributed by atoms with Crippen LogP contribution in [0.4, 0.5) is 10.1 Å². The molecule has 0 spiro atoms. The van der Waals surface area contributed by atoms with Gasteiger partial charge in [0.1, 0.15) is 5.82 Å². The van der Waals surface area contributed by atoms with Crippen LogP contribution >= 0.6 is 0 Å². The smallest absolute Gasteiger partial charge is 0.228 e. The zero-order valence-electron chi connectivity index (χ0n) is 11.7. The summed E-state index contributed by atoms with van der Waals surface area (Å²) in [7, 11) is -3.15. The molecule has 1 amide bonds. The summed E-state index contributed by atoms with van der Waals surface area (Å²) in [5, 5.41) is 2.50. The van der Waals surface area contributed by atoms with E-state index in [1.807, 2.05) is 24.5 Å². The predicted molar refractivity (Wildman–Crippen MR) is 81.1 cm³/mol. The number of carbonyl (C=O) groups excluding carboxylic acids is 1. The fourth-order valence-electron chi connectivity index (χ4n) is 2.51. The third-order valence-corrected chi connectivity index (χ3v) is 5.48. The van der Waals surface area contributed by atoms with Crippen LogP contribution in [-0.4, -0.2) is 30.4 Å². The third kappa shape index (κ3) is 3.04. The molecule has 1 aliphatic rings. The summed E-state index contributed by atoms with van der Waals surface area (Å²) in [6.07, 6.45) is 3.90. The number of aromatic nitrogens is 1. The lowest BCUT2D eigenvalue weighted by Crippen LogP contribution is -2.24. The molecule has 0 radical (unpaired) electrons. The monoisotopic (exact) mass is 322 g/mol. The summed E-state index contributed by atoms with van der Waals surface area (Å²) in [5.41, 5.74) is 0.765. The van der Waals surface area contributed by atoms with Gasteiger partial charge in [-0.1, -0.05) is 0 Å². The molecule has 2 aromatic rings. The van der Waals surface area contributed by atoms with Crippen LogP contribution < -0.4 is 5.32 Å². The van der Waals surface area contributed by atoms with Gasteiger partial charge < -0.3 is 9.88 Å². The Morgan fingerprint density at radius 1 is 1.27 bits per heavy atom. The van der Waals surface area contributed by atoms with Gasteiger partial charge in [0.25, 0.3) is 0 Å². The maximum atomic E-state index is 13.9. The number of rotatable bonds is 3. The maximum Gasteiger partial charge on any atom is 0.228 e. The normalized spacial score (nSPS) is 20.0. The van der Waals surface area contributed by atoms with E-state index in [1.165, 1.54) is 12.1 Å². The van der Waals surface area contributed by atoms with Crippen molar-refractivity contribution in [3.8, 4) is 5.69 Å². The lowest BCUT2D eigenvalue weighted by atomic mass is 10.1. The molecular formula is C15H15FN2O3S. The number of benzene rings is 1. The summed E-state index contributed by atoms with van der Waals surface area (Å²) in [6.45, 7) is 0. The number of hydrogen-bond acceptors (Lipinski definition) is 3. The van der Waals surface area contributed by atoms with E-state index in [9.17, 15) is 17.6 Å². The summed E-state index contributed by atoms with van der Waals surface area (Å²) in [4.78, 5) is 12.1. The van der Waals surface area contributed by atoms with Gasteiger partial charge in [-0.15, -0.1) is 0 Å². The van der Waals surface area contributed by atoms with E-state index in [0.717, 1.165) is 0 Å². The van der Waals surface area contributed by atoms with Gasteiger partial charge in [0.05, 0.1) is 23.1 Å². The topological polar surface area (TPSA) is 68.2 Å². The van der Waals surface area contributed by atoms with Crippen molar-refractivity contribution < 1.29 is 17.6 Å². The van der Waals surface area contributed by atoms with E-state index in [-0.39, 0.29) is 23.6 Å². The molecular weight excluding hydrogens is 307 g/mol. The summed E-state index contributed by atoms with van der Waals surface area (Å²) >= 11 is 0. The fraction of sp³-hybridized carbons (Fsp3) is 0.267. The highest BCUT2D eigenvalue weighted by molar-refractivity contribution is 7.91. The Balaban J connectivity index is 1.80. The molecule has 5 nitrogen and oxygen atoms in total. The SMILES string of the molecule is O=C(Nc1cc(-n2cccc2)ccc1F)[C@@H]1CCS(=O)(=O)C1. The molecule has 1 fully saturated rings. The maximum absolute atomic E-state index is 13.9. The van der Waals surface area contributed by atoms with Crippen molar-refractivity contribution in [1.82, 2.24) is 4.57 Å². The zero-order chi connectivity index (χ0) is 15.7. The number of hydrogen-bond donors (Lipinski definition) is 1. The molecule has 1 aromatic heterocycles. The standard InChI is InChI=1S/C15H15FN2O3S/c16-13-4-3-12(18-6-1-2-7-18)9-14(13)17-15(19)11-5-8-22(20,21)10-11/h1-4,6-7,9,11H,5,8,10H2,(H,17,19)/t11-/m1/s1. The van der Waals surface area contributed by atoms with Gasteiger partial charge in [-0.3, -0.25) is 4.79 Å². The average Bonchev–Trinajstić information content (AvgIpc) is 3.10. The van der Waals surface area contributed by atoms with Crippen molar-refractivity contribution in [1.29, 1.82) is 0 Å². The van der Waals surface area contributed by atoms with Crippen molar-refractivity contribution in [2.75, 3.05) is 16.8 Å². The molecule has 7 heteroatoms. The van der Waals surface area contributed by atoms with Crippen molar-refractivity contribution >= 4 is 21.4 Å². The fourth-order valence-corrected chi connectivity index (χ4v) is 4.25. The summed E-state index contributed by atoms with van der Waals surface area (Å²) in [6, 6.07) is 8.08. The van der Waals surface area contributed by atoms with E-state index in [1.54, 1.807) is 10.6 Å². The minimum absolute atomic E-state index is 0.0109. The molecule has 2 heterocycles. The lowest BCUT2D eigenvalue weighted by molar-refractivity contribution is -0.119. The highest BCUT2D eigenvalue weighted by atomic mass is 32.2. The Bertz CT molecular complexity index is 800. The second-order valence-electron chi connectivity index (χ2n) is 5.34. The van der Waals surface area contributed by atoms with Crippen LogP contribution in [0.5, 0.6) is 0 Å². The first-order valence-electron chi connectivity index (χ1n) is 6.89. The Morgan fingerprint density at radius 2 is 2.00 bits per heavy atom. The van der Waals surface area contributed by atoms with E-state index in [2.05, 4.69) is 5.32 Å². The largest absolute Gasteiger partial charge is 0.324 e. The van der Waals surface area contributed by atoms with Crippen molar-refractivity contribution in [3.05, 3.63) is 48.5 Å². The third-order valence-electron chi connectivity index (χ3n) is 3.71. The second-order valence-corrected chi connectivity index (χ2v) is 7.57. The van der Waals surface area contributed by atoms with E-state index >= 15 is 0 Å². The Kier molecular flexibility index (Phi) is 3.74. The lowest BCUT2D eigenvalue weighted by Gasteiger charge is -2.12. The van der Waals surface area contributed by atoms with E-state index in [0.29, 0.717) is 5.69 Å². The molecule has 3 rings (SSSR count). The first-order chi connectivity index (χ1) is 10.4. The van der Waals surface area contributed by atoms with Gasteiger partial charge in [0, 0.05) is 18.1 Å². The quantitative estimate of drug-likeness (QED) is 0.939. The Labute approximate surface area is 127 Å². The van der Waals surface area contributed by atoms with Gasteiger partial charge in [-0.05, 0) is 36.8 Å². The molecule has 116 valence electrons. The van der Waals surface area contributed by atoms with Crippen molar-refractivity contribution in [3.63, 3.8) is 0 Å². The Hall–Kier alpha value is -2.15. The molecule has 1 saturated heterocycles. The van der Waals surface area contributed by atoms with Gasteiger partial charge >= 0.3 is 0 Å². The van der Waals surface area contributed by atoms with E-state index in [4.69, 9.17) is 0 Å². The van der Waals surface area contributed by atoms with E-state index < -0.39 is 27.5 Å². The molecule has 0 aliphatic carbocycles. The molecule has 1 aliphatic heterocycles. The molecule has 1 atom stereocenters. The number of carbonyl (C=O) groups is 1. The molecule has 0 saturated carbocycles. The summed E-state index contributed by atoms with van der Waals surface area (Å²) in [5.74, 6) is -1.77. The van der Waals surface area contributed by atoms with Crippen LogP contribution in [0, 0.1) is 11.7 Å². The van der Waals surface area contributed by atoms with Crippen LogP contribution in [0.15, 0.2) is 42.7 Å². The number of amides is 1. The number of nitrogens with one attached hydrogen (secondary N) is 1. The van der Waals surface area contributed by atoms with Crippen LogP contribution in [0.2, 0.25) is 0 Å². The first-order valence-corrected chi connectivity index (χ1v) is 8.71. The number of halogens is 1. The zero-order valence-corrected chi connectivity index (χ0v) is 12.5. The first kappa shape index (κ1) is 14.8. The van der Waals surface area contributed by atoms with Gasteiger partial charge in [-0.2, -0.15) is 0 Å². The highest BCUT2D eigenvalue weighted by Gasteiger charge is 2.33. The van der Waals surface area contributed by atoms with Gasteiger partial charge in [0.2, 0.25) is 5.91 Å². The van der Waals surface area contributed by atoms with Crippen LogP contribution in [0.3, 0.4) is 0 Å². The summed E-state index contributed by atoms with van der Waals surface area (Å²) < 4.78 is 38.5. The van der Waals surface area contributed by atoms with Crippen LogP contribution in [0.25, 0.3) is 5.69 Å². The predicted octanol–water partition coefficient (Wildman–Crippen LogP) is 1.99. The van der Waals surface area contributed by atoms with Gasteiger partial charge in [-0.25, -0.2) is 12.8 Å². The molecule has 1 aromatic carbocycles.